The first-order chi connectivity index (χ1) is 8.90. The van der Waals surface area contributed by atoms with Crippen LogP contribution in [0.15, 0.2) is 18.2 Å². The second kappa shape index (κ2) is 5.36. The fourth-order valence-corrected chi connectivity index (χ4v) is 2.62. The van der Waals surface area contributed by atoms with Crippen molar-refractivity contribution in [3.63, 3.8) is 0 Å². The molecule has 1 aromatic rings. The molecule has 5 nitrogen and oxygen atoms in total. The van der Waals surface area contributed by atoms with E-state index in [2.05, 4.69) is 0 Å². The van der Waals surface area contributed by atoms with E-state index in [-0.39, 0.29) is 24.1 Å². The van der Waals surface area contributed by atoms with Gasteiger partial charge in [0.15, 0.2) is 0 Å². The normalized spacial score (nSPS) is 22.5. The molecule has 0 spiro atoms. The summed E-state index contributed by atoms with van der Waals surface area (Å²) >= 11 is 1.98. The Hall–Kier alpha value is -1.31. The molecule has 0 aliphatic carbocycles. The van der Waals surface area contributed by atoms with Crippen LogP contribution < -0.4 is 0 Å². The van der Waals surface area contributed by atoms with E-state index in [4.69, 9.17) is 5.11 Å². The summed E-state index contributed by atoms with van der Waals surface area (Å²) in [5.41, 5.74) is 0.385. The second-order valence-electron chi connectivity index (χ2n) is 4.80. The van der Waals surface area contributed by atoms with Gasteiger partial charge in [0.2, 0.25) is 0 Å². The Morgan fingerprint density at radius 1 is 1.37 bits per heavy atom. The largest absolute Gasteiger partial charge is 0.507 e. The number of carbonyl (C=O) groups is 2. The molecule has 6 heteroatoms. The van der Waals surface area contributed by atoms with Gasteiger partial charge >= 0.3 is 5.97 Å². The first-order valence-electron chi connectivity index (χ1n) is 5.90. The fraction of sp³-hybridized carbons (Fsp3) is 0.385. The predicted octanol–water partition coefficient (Wildman–Crippen LogP) is 1.79. The Morgan fingerprint density at radius 3 is 2.58 bits per heavy atom. The van der Waals surface area contributed by atoms with Crippen molar-refractivity contribution in [2.45, 2.75) is 6.92 Å². The number of hydrogen-bond donors (Lipinski definition) is 2. The molecule has 0 aromatic heterocycles. The van der Waals surface area contributed by atoms with Crippen LogP contribution in [-0.2, 0) is 4.79 Å². The third-order valence-corrected chi connectivity index (χ3v) is 4.32. The fourth-order valence-electron chi connectivity index (χ4n) is 2.28. The van der Waals surface area contributed by atoms with Gasteiger partial charge in [0.1, 0.15) is 5.75 Å². The van der Waals surface area contributed by atoms with E-state index in [1.165, 1.54) is 11.0 Å². The maximum atomic E-state index is 12.2. The van der Waals surface area contributed by atoms with Gasteiger partial charge in [-0.15, -0.1) is 0 Å². The minimum absolute atomic E-state index is 0.0566. The van der Waals surface area contributed by atoms with E-state index in [1.54, 1.807) is 12.1 Å². The summed E-state index contributed by atoms with van der Waals surface area (Å²) < 4.78 is 0.673. The number of benzene rings is 1. The lowest BCUT2D eigenvalue weighted by Crippen LogP contribution is -2.29. The number of phenolic OH excluding ortho intramolecular Hbond substituents is 1. The van der Waals surface area contributed by atoms with Gasteiger partial charge in [-0.3, -0.25) is 9.59 Å². The third kappa shape index (κ3) is 2.83. The van der Waals surface area contributed by atoms with Crippen LogP contribution in [0.2, 0.25) is 0 Å². The highest BCUT2D eigenvalue weighted by Gasteiger charge is 2.37. The van der Waals surface area contributed by atoms with Crippen molar-refractivity contribution in [1.82, 2.24) is 4.90 Å². The van der Waals surface area contributed by atoms with Crippen molar-refractivity contribution in [2.75, 3.05) is 13.1 Å². The van der Waals surface area contributed by atoms with Gasteiger partial charge in [0, 0.05) is 18.7 Å². The standard InChI is InChI=1S/C13H14INO4/c1-7-5-15(6-9(7)13(18)19)12(17)8-2-3-10(14)11(16)4-8/h2-4,7,9,16H,5-6H2,1H3,(H,18,19). The summed E-state index contributed by atoms with van der Waals surface area (Å²) in [5.74, 6) is -1.61. The molecule has 1 fully saturated rings. The molecule has 19 heavy (non-hydrogen) atoms. The number of carboxylic acid groups (broad SMARTS) is 1. The lowest BCUT2D eigenvalue weighted by Gasteiger charge is -2.16. The number of phenols is 1. The molecular formula is C13H14INO4. The van der Waals surface area contributed by atoms with Crippen molar-refractivity contribution >= 4 is 34.5 Å². The van der Waals surface area contributed by atoms with Crippen LogP contribution in [0.1, 0.15) is 17.3 Å². The summed E-state index contributed by atoms with van der Waals surface area (Å²) in [6.45, 7) is 2.49. The molecule has 2 N–H and O–H groups in total. The van der Waals surface area contributed by atoms with Crippen LogP contribution in [0.5, 0.6) is 5.75 Å². The van der Waals surface area contributed by atoms with Crippen LogP contribution in [-0.4, -0.2) is 40.1 Å². The van der Waals surface area contributed by atoms with Crippen molar-refractivity contribution in [3.05, 3.63) is 27.3 Å². The summed E-state index contributed by atoms with van der Waals surface area (Å²) in [6.07, 6.45) is 0. The molecule has 2 unspecified atom stereocenters. The molecular weight excluding hydrogens is 361 g/mol. The van der Waals surface area contributed by atoms with Gasteiger partial charge in [-0.05, 0) is 46.7 Å². The smallest absolute Gasteiger partial charge is 0.308 e. The molecule has 102 valence electrons. The number of hydrogen-bond acceptors (Lipinski definition) is 3. The van der Waals surface area contributed by atoms with E-state index in [0.29, 0.717) is 15.7 Å². The summed E-state index contributed by atoms with van der Waals surface area (Å²) in [5, 5.41) is 18.7. The zero-order valence-corrected chi connectivity index (χ0v) is 12.5. The van der Waals surface area contributed by atoms with Crippen LogP contribution in [0.3, 0.4) is 0 Å². The first kappa shape index (κ1) is 14.1. The summed E-state index contributed by atoms with van der Waals surface area (Å²) in [4.78, 5) is 24.8. The number of rotatable bonds is 2. The van der Waals surface area contributed by atoms with Crippen LogP contribution in [0, 0.1) is 15.4 Å². The maximum absolute atomic E-state index is 12.2. The summed E-state index contributed by atoms with van der Waals surface area (Å²) in [7, 11) is 0. The van der Waals surface area contributed by atoms with Gasteiger partial charge in [0.05, 0.1) is 9.49 Å². The minimum atomic E-state index is -0.867. The van der Waals surface area contributed by atoms with Crippen LogP contribution in [0.25, 0.3) is 0 Å². The zero-order valence-electron chi connectivity index (χ0n) is 10.3. The SMILES string of the molecule is CC1CN(C(=O)c2ccc(I)c(O)c2)CC1C(=O)O. The molecule has 0 saturated carbocycles. The maximum Gasteiger partial charge on any atom is 0.308 e. The molecule has 1 amide bonds. The highest BCUT2D eigenvalue weighted by atomic mass is 127. The molecule has 1 aliphatic rings. The van der Waals surface area contributed by atoms with Crippen molar-refractivity contribution in [1.29, 1.82) is 0 Å². The van der Waals surface area contributed by atoms with Gasteiger partial charge in [-0.2, -0.15) is 0 Å². The predicted molar refractivity (Wildman–Crippen MR) is 77.0 cm³/mol. The number of nitrogens with zero attached hydrogens (tertiary/aromatic N) is 1. The van der Waals surface area contributed by atoms with Gasteiger partial charge in [-0.1, -0.05) is 6.92 Å². The van der Waals surface area contributed by atoms with Gasteiger partial charge < -0.3 is 15.1 Å². The molecule has 0 bridgehead atoms. The first-order valence-corrected chi connectivity index (χ1v) is 6.98. The third-order valence-electron chi connectivity index (χ3n) is 3.41. The van der Waals surface area contributed by atoms with Gasteiger partial charge in [0.25, 0.3) is 5.91 Å². The number of halogens is 1. The molecule has 0 radical (unpaired) electrons. The van der Waals surface area contributed by atoms with E-state index < -0.39 is 11.9 Å². The molecule has 1 heterocycles. The van der Waals surface area contributed by atoms with Gasteiger partial charge in [-0.25, -0.2) is 0 Å². The minimum Gasteiger partial charge on any atom is -0.507 e. The van der Waals surface area contributed by atoms with E-state index >= 15 is 0 Å². The zero-order chi connectivity index (χ0) is 14.2. The second-order valence-corrected chi connectivity index (χ2v) is 5.96. The van der Waals surface area contributed by atoms with Crippen molar-refractivity contribution in [2.24, 2.45) is 11.8 Å². The van der Waals surface area contributed by atoms with E-state index in [9.17, 15) is 14.7 Å². The van der Waals surface area contributed by atoms with E-state index in [1.807, 2.05) is 29.5 Å². The number of aliphatic carboxylic acids is 1. The number of amides is 1. The average Bonchev–Trinajstić information content (AvgIpc) is 2.74. The van der Waals surface area contributed by atoms with Crippen molar-refractivity contribution < 1.29 is 19.8 Å². The van der Waals surface area contributed by atoms with Crippen LogP contribution >= 0.6 is 22.6 Å². The van der Waals surface area contributed by atoms with Crippen LogP contribution in [0.4, 0.5) is 0 Å². The molecule has 1 aromatic carbocycles. The topological polar surface area (TPSA) is 77.8 Å². The molecule has 1 aliphatic heterocycles. The lowest BCUT2D eigenvalue weighted by molar-refractivity contribution is -0.142. The number of carbonyl (C=O) groups excluding carboxylic acids is 1. The molecule has 2 atom stereocenters. The Kier molecular flexibility index (Phi) is 3.98. The highest BCUT2D eigenvalue weighted by Crippen LogP contribution is 2.26. The number of likely N-dealkylation sites (tertiary alicyclic amines) is 1. The monoisotopic (exact) mass is 375 g/mol. The Labute approximate surface area is 124 Å². The molecule has 1 saturated heterocycles. The number of aromatic hydroxyl groups is 1. The Bertz CT molecular complexity index is 531. The Balaban J connectivity index is 2.17. The lowest BCUT2D eigenvalue weighted by atomic mass is 9.99. The highest BCUT2D eigenvalue weighted by molar-refractivity contribution is 14.1. The van der Waals surface area contributed by atoms with Crippen molar-refractivity contribution in [3.8, 4) is 5.75 Å². The Morgan fingerprint density at radius 2 is 2.05 bits per heavy atom. The molecule has 2 rings (SSSR count). The number of carboxylic acids is 1. The summed E-state index contributed by atoms with van der Waals surface area (Å²) in [6, 6.07) is 4.72. The quantitative estimate of drug-likeness (QED) is 0.773. The van der Waals surface area contributed by atoms with E-state index in [0.717, 1.165) is 0 Å². The average molecular weight is 375 g/mol.